The molecule has 0 heterocycles. The van der Waals surface area contributed by atoms with Gasteiger partial charge in [-0.15, -0.1) is 0 Å². The average Bonchev–Trinajstić information content (AvgIpc) is 2.06. The van der Waals surface area contributed by atoms with Gasteiger partial charge >= 0.3 is 5.97 Å². The second kappa shape index (κ2) is 4.18. The van der Waals surface area contributed by atoms with E-state index < -0.39 is 18.2 Å². The zero-order valence-electron chi connectivity index (χ0n) is 8.30. The maximum atomic E-state index is 10.4. The lowest BCUT2D eigenvalue weighted by Gasteiger charge is -2.22. The number of carboxylic acids is 1. The standard InChI is InChI=1S/C10H13NO4/c1-10(14,6-9(12)13)15-8-4-2-7(11)3-5-8/h2-5,14H,6,11H2,1H3,(H,12,13). The molecule has 0 aliphatic heterocycles. The molecule has 0 amide bonds. The van der Waals surface area contributed by atoms with Gasteiger partial charge in [0.1, 0.15) is 12.2 Å². The van der Waals surface area contributed by atoms with E-state index in [1.807, 2.05) is 0 Å². The first-order valence-electron chi connectivity index (χ1n) is 4.38. The summed E-state index contributed by atoms with van der Waals surface area (Å²) in [5, 5.41) is 18.1. The summed E-state index contributed by atoms with van der Waals surface area (Å²) in [4.78, 5) is 10.4. The summed E-state index contributed by atoms with van der Waals surface area (Å²) in [5.74, 6) is -2.48. The summed E-state index contributed by atoms with van der Waals surface area (Å²) in [6.07, 6.45) is -0.489. The van der Waals surface area contributed by atoms with E-state index in [0.29, 0.717) is 11.4 Å². The fourth-order valence-corrected chi connectivity index (χ4v) is 1.11. The van der Waals surface area contributed by atoms with Crippen LogP contribution in [0.15, 0.2) is 24.3 Å². The number of hydrogen-bond acceptors (Lipinski definition) is 4. The zero-order valence-corrected chi connectivity index (χ0v) is 8.30. The van der Waals surface area contributed by atoms with Crippen molar-refractivity contribution in [1.82, 2.24) is 0 Å². The highest BCUT2D eigenvalue weighted by atomic mass is 16.6. The Morgan fingerprint density at radius 1 is 1.47 bits per heavy atom. The lowest BCUT2D eigenvalue weighted by Crippen LogP contribution is -2.34. The molecule has 1 aromatic rings. The van der Waals surface area contributed by atoms with E-state index in [2.05, 4.69) is 0 Å². The SMILES string of the molecule is CC(O)(CC(=O)O)Oc1ccc(N)cc1. The molecular formula is C10H13NO4. The van der Waals surface area contributed by atoms with Gasteiger partial charge in [0.25, 0.3) is 0 Å². The minimum atomic E-state index is -1.72. The van der Waals surface area contributed by atoms with Crippen LogP contribution in [0, 0.1) is 0 Å². The Morgan fingerprint density at radius 2 is 2.00 bits per heavy atom. The van der Waals surface area contributed by atoms with E-state index in [1.54, 1.807) is 24.3 Å². The number of hydrogen-bond donors (Lipinski definition) is 3. The maximum absolute atomic E-state index is 10.4. The van der Waals surface area contributed by atoms with Gasteiger partial charge in [-0.3, -0.25) is 4.79 Å². The van der Waals surface area contributed by atoms with Crippen LogP contribution < -0.4 is 10.5 Å². The molecule has 1 unspecified atom stereocenters. The van der Waals surface area contributed by atoms with Crippen LogP contribution in [0.5, 0.6) is 5.75 Å². The van der Waals surface area contributed by atoms with Gasteiger partial charge in [-0.2, -0.15) is 0 Å². The van der Waals surface area contributed by atoms with Crippen LogP contribution in [0.3, 0.4) is 0 Å². The van der Waals surface area contributed by atoms with Crippen molar-refractivity contribution in [2.45, 2.75) is 19.1 Å². The van der Waals surface area contributed by atoms with Crippen molar-refractivity contribution in [3.8, 4) is 5.75 Å². The van der Waals surface area contributed by atoms with Crippen LogP contribution in [0.1, 0.15) is 13.3 Å². The zero-order chi connectivity index (χ0) is 11.5. The molecule has 0 spiro atoms. The topological polar surface area (TPSA) is 92.8 Å². The third-order valence-corrected chi connectivity index (χ3v) is 1.70. The third-order valence-electron chi connectivity index (χ3n) is 1.70. The van der Waals surface area contributed by atoms with Gasteiger partial charge in [-0.25, -0.2) is 0 Å². The molecule has 1 rings (SSSR count). The highest BCUT2D eigenvalue weighted by Crippen LogP contribution is 2.20. The number of anilines is 1. The Morgan fingerprint density at radius 3 is 2.47 bits per heavy atom. The van der Waals surface area contributed by atoms with Crippen LogP contribution in [0.2, 0.25) is 0 Å². The van der Waals surface area contributed by atoms with Crippen molar-refractivity contribution >= 4 is 11.7 Å². The summed E-state index contributed by atoms with van der Waals surface area (Å²) < 4.78 is 5.09. The molecule has 82 valence electrons. The second-order valence-corrected chi connectivity index (χ2v) is 3.42. The monoisotopic (exact) mass is 211 g/mol. The first-order valence-corrected chi connectivity index (χ1v) is 4.38. The van der Waals surface area contributed by atoms with Gasteiger partial charge in [0, 0.05) is 12.6 Å². The van der Waals surface area contributed by atoms with Crippen LogP contribution in [-0.4, -0.2) is 22.0 Å². The number of carbonyl (C=O) groups is 1. The van der Waals surface area contributed by atoms with Gasteiger partial charge in [-0.1, -0.05) is 0 Å². The van der Waals surface area contributed by atoms with Gasteiger partial charge in [0.05, 0.1) is 0 Å². The number of aliphatic carboxylic acids is 1. The van der Waals surface area contributed by atoms with Crippen LogP contribution in [0.4, 0.5) is 5.69 Å². The predicted octanol–water partition coefficient (Wildman–Crippen LogP) is 0.831. The summed E-state index contributed by atoms with van der Waals surface area (Å²) in [5.41, 5.74) is 6.03. The molecule has 15 heavy (non-hydrogen) atoms. The van der Waals surface area contributed by atoms with Crippen molar-refractivity contribution in [3.05, 3.63) is 24.3 Å². The number of rotatable bonds is 4. The molecule has 0 aliphatic carbocycles. The number of carboxylic acid groups (broad SMARTS) is 1. The average molecular weight is 211 g/mol. The molecule has 0 radical (unpaired) electrons. The molecule has 0 bridgehead atoms. The van der Waals surface area contributed by atoms with Crippen LogP contribution in [-0.2, 0) is 4.79 Å². The minimum Gasteiger partial charge on any atom is -0.481 e. The first-order chi connectivity index (χ1) is 6.89. The van der Waals surface area contributed by atoms with E-state index in [0.717, 1.165) is 0 Å². The van der Waals surface area contributed by atoms with E-state index >= 15 is 0 Å². The summed E-state index contributed by atoms with van der Waals surface area (Å²) in [7, 11) is 0. The molecule has 0 aliphatic rings. The molecule has 1 atom stereocenters. The van der Waals surface area contributed by atoms with E-state index in [1.165, 1.54) is 6.92 Å². The van der Waals surface area contributed by atoms with Crippen molar-refractivity contribution in [2.24, 2.45) is 0 Å². The van der Waals surface area contributed by atoms with E-state index in [9.17, 15) is 9.90 Å². The fourth-order valence-electron chi connectivity index (χ4n) is 1.11. The summed E-state index contributed by atoms with van der Waals surface area (Å²) >= 11 is 0. The van der Waals surface area contributed by atoms with Gasteiger partial charge in [0.2, 0.25) is 5.79 Å². The number of aliphatic hydroxyl groups is 1. The summed E-state index contributed by atoms with van der Waals surface area (Å²) in [6.45, 7) is 1.29. The fraction of sp³-hybridized carbons (Fsp3) is 0.300. The molecular weight excluding hydrogens is 198 g/mol. The van der Waals surface area contributed by atoms with Crippen molar-refractivity contribution < 1.29 is 19.7 Å². The van der Waals surface area contributed by atoms with Crippen LogP contribution in [0.25, 0.3) is 0 Å². The Balaban J connectivity index is 2.68. The maximum Gasteiger partial charge on any atom is 0.310 e. The van der Waals surface area contributed by atoms with Gasteiger partial charge in [0.15, 0.2) is 0 Å². The lowest BCUT2D eigenvalue weighted by molar-refractivity contribution is -0.161. The first kappa shape index (κ1) is 11.3. The van der Waals surface area contributed by atoms with Crippen LogP contribution >= 0.6 is 0 Å². The molecule has 5 nitrogen and oxygen atoms in total. The van der Waals surface area contributed by atoms with Crippen molar-refractivity contribution in [1.29, 1.82) is 0 Å². The molecule has 1 aromatic carbocycles. The predicted molar refractivity (Wildman–Crippen MR) is 54.4 cm³/mol. The van der Waals surface area contributed by atoms with Crippen molar-refractivity contribution in [3.63, 3.8) is 0 Å². The Bertz CT molecular complexity index is 345. The smallest absolute Gasteiger partial charge is 0.310 e. The summed E-state index contributed by atoms with van der Waals surface area (Å²) in [6, 6.07) is 6.33. The number of nitrogen functional groups attached to an aromatic ring is 1. The molecule has 5 heteroatoms. The van der Waals surface area contributed by atoms with Crippen molar-refractivity contribution in [2.75, 3.05) is 5.73 Å². The van der Waals surface area contributed by atoms with E-state index in [4.69, 9.17) is 15.6 Å². The van der Waals surface area contributed by atoms with Gasteiger partial charge in [-0.05, 0) is 24.3 Å². The Hall–Kier alpha value is -1.75. The normalized spacial score (nSPS) is 14.3. The molecule has 0 aromatic heterocycles. The lowest BCUT2D eigenvalue weighted by atomic mass is 10.2. The quantitative estimate of drug-likeness (QED) is 0.506. The minimum absolute atomic E-state index is 0.371. The molecule has 0 saturated carbocycles. The second-order valence-electron chi connectivity index (χ2n) is 3.42. The molecule has 0 saturated heterocycles. The molecule has 0 fully saturated rings. The Kier molecular flexibility index (Phi) is 3.16. The van der Waals surface area contributed by atoms with E-state index in [-0.39, 0.29) is 0 Å². The third kappa shape index (κ3) is 3.86. The number of nitrogens with two attached hydrogens (primary N) is 1. The highest BCUT2D eigenvalue weighted by Gasteiger charge is 2.26. The number of ether oxygens (including phenoxy) is 1. The molecule has 4 N–H and O–H groups in total. The largest absolute Gasteiger partial charge is 0.481 e. The number of benzene rings is 1. The van der Waals surface area contributed by atoms with Gasteiger partial charge < -0.3 is 20.7 Å². The Labute approximate surface area is 87.1 Å². The highest BCUT2D eigenvalue weighted by molar-refractivity contribution is 5.67.